The number of methoxy groups -OCH3 is 1. The highest BCUT2D eigenvalue weighted by molar-refractivity contribution is 5.78. The zero-order valence-electron chi connectivity index (χ0n) is 13.8. The molecule has 1 unspecified atom stereocenters. The van der Waals surface area contributed by atoms with Gasteiger partial charge in [-0.1, -0.05) is 26.7 Å². The van der Waals surface area contributed by atoms with Gasteiger partial charge >= 0.3 is 5.97 Å². The zero-order valence-corrected chi connectivity index (χ0v) is 13.8. The Balaban J connectivity index is 2.34. The highest BCUT2D eigenvalue weighted by Crippen LogP contribution is 2.17. The number of hydrogen-bond acceptors (Lipinski definition) is 4. The minimum absolute atomic E-state index is 0.167. The minimum Gasteiger partial charge on any atom is -0.469 e. The van der Waals surface area contributed by atoms with E-state index in [4.69, 9.17) is 0 Å². The van der Waals surface area contributed by atoms with Crippen LogP contribution in [0.3, 0.4) is 0 Å². The molecule has 1 rings (SSSR count). The smallest absolute Gasteiger partial charge is 0.306 e. The van der Waals surface area contributed by atoms with Gasteiger partial charge < -0.3 is 9.64 Å². The van der Waals surface area contributed by atoms with E-state index in [-0.39, 0.29) is 11.9 Å². The van der Waals surface area contributed by atoms with Gasteiger partial charge in [0.1, 0.15) is 0 Å². The average molecular weight is 298 g/mol. The maximum Gasteiger partial charge on any atom is 0.306 e. The molecule has 0 aromatic heterocycles. The van der Waals surface area contributed by atoms with Crippen LogP contribution in [0.25, 0.3) is 0 Å². The molecular formula is C16H30N2O3. The number of piperazine rings is 1. The molecule has 0 aromatic rings. The first-order valence-corrected chi connectivity index (χ1v) is 8.20. The van der Waals surface area contributed by atoms with Gasteiger partial charge in [0, 0.05) is 38.6 Å². The summed E-state index contributed by atoms with van der Waals surface area (Å²) in [6, 6.07) is 0. The Morgan fingerprint density at radius 3 is 2.33 bits per heavy atom. The predicted molar refractivity (Wildman–Crippen MR) is 83.0 cm³/mol. The third-order valence-corrected chi connectivity index (χ3v) is 4.29. The van der Waals surface area contributed by atoms with E-state index in [0.29, 0.717) is 12.3 Å². The lowest BCUT2D eigenvalue weighted by Crippen LogP contribution is -2.50. The molecule has 0 aromatic carbocycles. The van der Waals surface area contributed by atoms with Crippen LogP contribution in [-0.4, -0.2) is 61.5 Å². The Bertz CT molecular complexity index is 325. The molecule has 0 radical (unpaired) electrons. The van der Waals surface area contributed by atoms with E-state index in [1.54, 1.807) is 0 Å². The summed E-state index contributed by atoms with van der Waals surface area (Å²) in [6.07, 6.45) is 4.64. The van der Waals surface area contributed by atoms with E-state index in [1.165, 1.54) is 7.11 Å². The van der Waals surface area contributed by atoms with Crippen molar-refractivity contribution in [2.75, 3.05) is 39.8 Å². The topological polar surface area (TPSA) is 49.9 Å². The van der Waals surface area contributed by atoms with E-state index in [0.717, 1.165) is 58.4 Å². The van der Waals surface area contributed by atoms with E-state index in [2.05, 4.69) is 23.5 Å². The molecule has 0 bridgehead atoms. The Hall–Kier alpha value is -1.10. The SMILES string of the molecule is CCCCC(CC)C(=O)N1CCN(CCC(=O)OC)CC1. The van der Waals surface area contributed by atoms with Crippen molar-refractivity contribution < 1.29 is 14.3 Å². The molecule has 1 fully saturated rings. The van der Waals surface area contributed by atoms with Crippen molar-refractivity contribution in [3.8, 4) is 0 Å². The van der Waals surface area contributed by atoms with Crippen LogP contribution >= 0.6 is 0 Å². The number of hydrogen-bond donors (Lipinski definition) is 0. The molecule has 0 aliphatic carbocycles. The van der Waals surface area contributed by atoms with Crippen molar-refractivity contribution in [2.45, 2.75) is 46.0 Å². The van der Waals surface area contributed by atoms with Crippen LogP contribution in [0, 0.1) is 5.92 Å². The van der Waals surface area contributed by atoms with Gasteiger partial charge in [0.15, 0.2) is 0 Å². The molecule has 1 aliphatic heterocycles. The molecule has 5 heteroatoms. The molecule has 0 spiro atoms. The van der Waals surface area contributed by atoms with Gasteiger partial charge in [-0.2, -0.15) is 0 Å². The number of ether oxygens (including phenoxy) is 1. The molecule has 5 nitrogen and oxygen atoms in total. The average Bonchev–Trinajstić information content (AvgIpc) is 2.53. The first kappa shape index (κ1) is 18.0. The number of esters is 1. The van der Waals surface area contributed by atoms with Crippen LogP contribution in [-0.2, 0) is 14.3 Å². The molecule has 1 atom stereocenters. The second-order valence-electron chi connectivity index (χ2n) is 5.74. The summed E-state index contributed by atoms with van der Waals surface area (Å²) in [5.41, 5.74) is 0. The highest BCUT2D eigenvalue weighted by Gasteiger charge is 2.26. The number of unbranched alkanes of at least 4 members (excludes halogenated alkanes) is 1. The molecule has 0 saturated carbocycles. The molecule has 1 aliphatic rings. The van der Waals surface area contributed by atoms with E-state index in [1.807, 2.05) is 4.90 Å². The standard InChI is InChI=1S/C16H30N2O3/c1-4-6-7-14(5-2)16(20)18-12-10-17(11-13-18)9-8-15(19)21-3/h14H,4-13H2,1-3H3. The largest absolute Gasteiger partial charge is 0.469 e. The summed E-state index contributed by atoms with van der Waals surface area (Å²) in [4.78, 5) is 27.9. The summed E-state index contributed by atoms with van der Waals surface area (Å²) in [5, 5.41) is 0. The summed E-state index contributed by atoms with van der Waals surface area (Å²) < 4.78 is 4.65. The first-order chi connectivity index (χ1) is 10.1. The Morgan fingerprint density at radius 1 is 1.14 bits per heavy atom. The fourth-order valence-electron chi connectivity index (χ4n) is 2.75. The number of carbonyl (C=O) groups excluding carboxylic acids is 2. The monoisotopic (exact) mass is 298 g/mol. The van der Waals surface area contributed by atoms with Gasteiger partial charge in [-0.15, -0.1) is 0 Å². The van der Waals surface area contributed by atoms with Crippen LogP contribution < -0.4 is 0 Å². The lowest BCUT2D eigenvalue weighted by Gasteiger charge is -2.36. The van der Waals surface area contributed by atoms with Gasteiger partial charge in [-0.05, 0) is 12.8 Å². The van der Waals surface area contributed by atoms with Gasteiger partial charge in [0.05, 0.1) is 13.5 Å². The fourth-order valence-corrected chi connectivity index (χ4v) is 2.75. The van der Waals surface area contributed by atoms with E-state index in [9.17, 15) is 9.59 Å². The molecule has 21 heavy (non-hydrogen) atoms. The van der Waals surface area contributed by atoms with Crippen LogP contribution in [0.2, 0.25) is 0 Å². The number of nitrogens with zero attached hydrogens (tertiary/aromatic N) is 2. The normalized spacial score (nSPS) is 17.6. The van der Waals surface area contributed by atoms with Crippen molar-refractivity contribution in [3.63, 3.8) is 0 Å². The first-order valence-electron chi connectivity index (χ1n) is 8.20. The predicted octanol–water partition coefficient (Wildman–Crippen LogP) is 1.91. The van der Waals surface area contributed by atoms with Crippen LogP contribution in [0.1, 0.15) is 46.0 Å². The second kappa shape index (κ2) is 9.77. The number of carbonyl (C=O) groups is 2. The van der Waals surface area contributed by atoms with Gasteiger partial charge in [-0.3, -0.25) is 14.5 Å². The molecule has 1 saturated heterocycles. The highest BCUT2D eigenvalue weighted by atomic mass is 16.5. The number of amides is 1. The lowest BCUT2D eigenvalue weighted by atomic mass is 9.97. The minimum atomic E-state index is -0.167. The lowest BCUT2D eigenvalue weighted by molar-refractivity contribution is -0.142. The van der Waals surface area contributed by atoms with Crippen LogP contribution in [0.4, 0.5) is 0 Å². The number of rotatable bonds is 8. The summed E-state index contributed by atoms with van der Waals surface area (Å²) in [7, 11) is 1.42. The third-order valence-electron chi connectivity index (χ3n) is 4.29. The molecule has 122 valence electrons. The molecular weight excluding hydrogens is 268 g/mol. The maximum absolute atomic E-state index is 12.5. The zero-order chi connectivity index (χ0) is 15.7. The van der Waals surface area contributed by atoms with Gasteiger partial charge in [0.2, 0.25) is 5.91 Å². The summed E-state index contributed by atoms with van der Waals surface area (Å²) in [6.45, 7) is 8.26. The van der Waals surface area contributed by atoms with Crippen LogP contribution in [0.15, 0.2) is 0 Å². The van der Waals surface area contributed by atoms with Crippen molar-refractivity contribution in [1.29, 1.82) is 0 Å². The van der Waals surface area contributed by atoms with Crippen molar-refractivity contribution in [3.05, 3.63) is 0 Å². The van der Waals surface area contributed by atoms with Crippen molar-refractivity contribution in [2.24, 2.45) is 5.92 Å². The molecule has 1 amide bonds. The van der Waals surface area contributed by atoms with E-state index >= 15 is 0 Å². The van der Waals surface area contributed by atoms with Gasteiger partial charge in [-0.25, -0.2) is 0 Å². The maximum atomic E-state index is 12.5. The quantitative estimate of drug-likeness (QED) is 0.642. The van der Waals surface area contributed by atoms with Gasteiger partial charge in [0.25, 0.3) is 0 Å². The third kappa shape index (κ3) is 6.04. The Morgan fingerprint density at radius 2 is 1.81 bits per heavy atom. The summed E-state index contributed by atoms with van der Waals surface area (Å²) >= 11 is 0. The summed E-state index contributed by atoms with van der Waals surface area (Å²) in [5.74, 6) is 0.337. The van der Waals surface area contributed by atoms with E-state index < -0.39 is 0 Å². The fraction of sp³-hybridized carbons (Fsp3) is 0.875. The second-order valence-corrected chi connectivity index (χ2v) is 5.74. The van der Waals surface area contributed by atoms with Crippen LogP contribution in [0.5, 0.6) is 0 Å². The molecule has 0 N–H and O–H groups in total. The van der Waals surface area contributed by atoms with Crippen molar-refractivity contribution in [1.82, 2.24) is 9.80 Å². The van der Waals surface area contributed by atoms with Crippen molar-refractivity contribution >= 4 is 11.9 Å². The molecule has 1 heterocycles. The Labute approximate surface area is 128 Å². The Kier molecular flexibility index (Phi) is 8.35.